The molecule has 0 amide bonds. The lowest BCUT2D eigenvalue weighted by Gasteiger charge is -2.02. The van der Waals surface area contributed by atoms with Gasteiger partial charge in [-0.15, -0.1) is 0 Å². The van der Waals surface area contributed by atoms with Gasteiger partial charge in [0.05, 0.1) is 17.2 Å². The van der Waals surface area contributed by atoms with Crippen LogP contribution in [0.25, 0.3) is 22.4 Å². The maximum atomic E-state index is 5.68. The minimum absolute atomic E-state index is 0.493. The van der Waals surface area contributed by atoms with Crippen molar-refractivity contribution in [3.05, 3.63) is 36.8 Å². The molecule has 3 heterocycles. The average Bonchev–Trinajstić information content (AvgIpc) is 2.68. The molecule has 3 aromatic rings. The van der Waals surface area contributed by atoms with E-state index in [1.54, 1.807) is 18.6 Å². The standard InChI is InChI=1S/C12H11N5/c1-17-10-7-14-4-3-9(10)16-12(17)8-2-5-15-11(13)6-8/h2-7H,1H3,(H2,13,15). The molecule has 0 unspecified atom stereocenters. The summed E-state index contributed by atoms with van der Waals surface area (Å²) in [5, 5.41) is 0. The van der Waals surface area contributed by atoms with Crippen molar-refractivity contribution in [2.24, 2.45) is 7.05 Å². The highest BCUT2D eigenvalue weighted by Gasteiger charge is 2.09. The highest BCUT2D eigenvalue weighted by molar-refractivity contribution is 5.79. The minimum atomic E-state index is 0.493. The molecule has 0 atom stereocenters. The largest absolute Gasteiger partial charge is 0.384 e. The Morgan fingerprint density at radius 1 is 1.24 bits per heavy atom. The van der Waals surface area contributed by atoms with Gasteiger partial charge in [-0.25, -0.2) is 9.97 Å². The average molecular weight is 225 g/mol. The SMILES string of the molecule is Cn1c(-c2ccnc(N)c2)nc2ccncc21. The summed E-state index contributed by atoms with van der Waals surface area (Å²) < 4.78 is 2.00. The fraction of sp³-hybridized carbons (Fsp3) is 0.0833. The maximum Gasteiger partial charge on any atom is 0.141 e. The van der Waals surface area contributed by atoms with E-state index >= 15 is 0 Å². The summed E-state index contributed by atoms with van der Waals surface area (Å²) in [4.78, 5) is 12.6. The summed E-state index contributed by atoms with van der Waals surface area (Å²) in [5.74, 6) is 1.36. The summed E-state index contributed by atoms with van der Waals surface area (Å²) in [6.07, 6.45) is 5.22. The van der Waals surface area contributed by atoms with Gasteiger partial charge in [0.1, 0.15) is 11.6 Å². The zero-order valence-electron chi connectivity index (χ0n) is 9.33. The van der Waals surface area contributed by atoms with E-state index < -0.39 is 0 Å². The molecule has 0 saturated heterocycles. The minimum Gasteiger partial charge on any atom is -0.384 e. The molecule has 17 heavy (non-hydrogen) atoms. The first-order chi connectivity index (χ1) is 8.25. The van der Waals surface area contributed by atoms with Crippen molar-refractivity contribution in [2.75, 3.05) is 5.73 Å². The van der Waals surface area contributed by atoms with Crippen LogP contribution >= 0.6 is 0 Å². The second-order valence-corrected chi connectivity index (χ2v) is 3.83. The first-order valence-corrected chi connectivity index (χ1v) is 5.24. The fourth-order valence-electron chi connectivity index (χ4n) is 1.88. The zero-order chi connectivity index (χ0) is 11.8. The third kappa shape index (κ3) is 1.52. The second-order valence-electron chi connectivity index (χ2n) is 3.83. The number of hydrogen-bond acceptors (Lipinski definition) is 4. The molecule has 5 heteroatoms. The van der Waals surface area contributed by atoms with Crippen molar-refractivity contribution in [1.82, 2.24) is 19.5 Å². The third-order valence-electron chi connectivity index (χ3n) is 2.72. The van der Waals surface area contributed by atoms with Crippen molar-refractivity contribution in [3.63, 3.8) is 0 Å². The summed E-state index contributed by atoms with van der Waals surface area (Å²) >= 11 is 0. The summed E-state index contributed by atoms with van der Waals surface area (Å²) in [6, 6.07) is 5.60. The van der Waals surface area contributed by atoms with E-state index in [0.717, 1.165) is 22.4 Å². The molecule has 2 N–H and O–H groups in total. The Labute approximate surface area is 98.0 Å². The van der Waals surface area contributed by atoms with Crippen LogP contribution in [0.5, 0.6) is 0 Å². The third-order valence-corrected chi connectivity index (χ3v) is 2.72. The van der Waals surface area contributed by atoms with E-state index in [1.165, 1.54) is 0 Å². The van der Waals surface area contributed by atoms with E-state index in [-0.39, 0.29) is 0 Å². The van der Waals surface area contributed by atoms with Gasteiger partial charge < -0.3 is 10.3 Å². The first kappa shape index (κ1) is 9.77. The molecular formula is C12H11N5. The van der Waals surface area contributed by atoms with Crippen molar-refractivity contribution >= 4 is 16.9 Å². The van der Waals surface area contributed by atoms with Crippen molar-refractivity contribution in [1.29, 1.82) is 0 Å². The van der Waals surface area contributed by atoms with E-state index in [2.05, 4.69) is 15.0 Å². The molecule has 0 saturated carbocycles. The van der Waals surface area contributed by atoms with Crippen LogP contribution in [0.3, 0.4) is 0 Å². The molecule has 0 radical (unpaired) electrons. The van der Waals surface area contributed by atoms with Crippen LogP contribution in [0.4, 0.5) is 5.82 Å². The molecule has 0 aliphatic heterocycles. The Morgan fingerprint density at radius 3 is 2.88 bits per heavy atom. The van der Waals surface area contributed by atoms with Gasteiger partial charge >= 0.3 is 0 Å². The molecule has 0 aliphatic carbocycles. The first-order valence-electron chi connectivity index (χ1n) is 5.24. The van der Waals surface area contributed by atoms with Crippen molar-refractivity contribution in [2.45, 2.75) is 0 Å². The summed E-state index contributed by atoms with van der Waals surface area (Å²) in [6.45, 7) is 0. The van der Waals surface area contributed by atoms with Gasteiger partial charge in [-0.2, -0.15) is 0 Å². The van der Waals surface area contributed by atoms with Gasteiger partial charge in [0.25, 0.3) is 0 Å². The number of aromatic nitrogens is 4. The van der Waals surface area contributed by atoms with Gasteiger partial charge in [-0.05, 0) is 18.2 Å². The topological polar surface area (TPSA) is 69.6 Å². The number of nitrogens with two attached hydrogens (primary N) is 1. The Morgan fingerprint density at radius 2 is 2.12 bits per heavy atom. The van der Waals surface area contributed by atoms with Crippen LogP contribution in [0, 0.1) is 0 Å². The number of nitrogen functional groups attached to an aromatic ring is 1. The van der Waals surface area contributed by atoms with E-state index in [1.807, 2.05) is 29.8 Å². The number of aryl methyl sites for hydroxylation is 1. The molecule has 0 bridgehead atoms. The zero-order valence-corrected chi connectivity index (χ0v) is 9.33. The quantitative estimate of drug-likeness (QED) is 0.683. The number of anilines is 1. The lowest BCUT2D eigenvalue weighted by Crippen LogP contribution is -1.95. The molecular weight excluding hydrogens is 214 g/mol. The predicted octanol–water partition coefficient (Wildman–Crippen LogP) is 1.61. The van der Waals surface area contributed by atoms with Crippen LogP contribution < -0.4 is 5.73 Å². The van der Waals surface area contributed by atoms with E-state index in [9.17, 15) is 0 Å². The molecule has 0 fully saturated rings. The van der Waals surface area contributed by atoms with Crippen LogP contribution in [0.2, 0.25) is 0 Å². The number of fused-ring (bicyclic) bond motifs is 1. The Bertz CT molecular complexity index is 686. The Balaban J connectivity index is 2.27. The number of hydrogen-bond donors (Lipinski definition) is 1. The van der Waals surface area contributed by atoms with Crippen LogP contribution in [-0.2, 0) is 7.05 Å². The molecule has 0 aromatic carbocycles. The predicted molar refractivity (Wildman–Crippen MR) is 66.2 cm³/mol. The molecule has 3 aromatic heterocycles. The highest BCUT2D eigenvalue weighted by atomic mass is 15.1. The Kier molecular flexibility index (Phi) is 2.04. The fourth-order valence-corrected chi connectivity index (χ4v) is 1.88. The maximum absolute atomic E-state index is 5.68. The van der Waals surface area contributed by atoms with Gasteiger partial charge in [0.2, 0.25) is 0 Å². The lowest BCUT2D eigenvalue weighted by molar-refractivity contribution is 0.956. The van der Waals surface area contributed by atoms with Gasteiger partial charge in [0, 0.05) is 25.0 Å². The monoisotopic (exact) mass is 225 g/mol. The van der Waals surface area contributed by atoms with E-state index in [4.69, 9.17) is 5.73 Å². The smallest absolute Gasteiger partial charge is 0.141 e. The molecule has 3 rings (SSSR count). The highest BCUT2D eigenvalue weighted by Crippen LogP contribution is 2.23. The summed E-state index contributed by atoms with van der Waals surface area (Å²) in [5.41, 5.74) is 8.56. The normalized spacial score (nSPS) is 10.9. The van der Waals surface area contributed by atoms with Gasteiger partial charge in [0.15, 0.2) is 0 Å². The van der Waals surface area contributed by atoms with Gasteiger partial charge in [-0.1, -0.05) is 0 Å². The molecule has 5 nitrogen and oxygen atoms in total. The number of nitrogens with zero attached hydrogens (tertiary/aromatic N) is 4. The van der Waals surface area contributed by atoms with Crippen LogP contribution in [0.1, 0.15) is 0 Å². The Hall–Kier alpha value is -2.43. The molecule has 0 aliphatic rings. The number of pyridine rings is 2. The number of rotatable bonds is 1. The van der Waals surface area contributed by atoms with Crippen molar-refractivity contribution < 1.29 is 0 Å². The van der Waals surface area contributed by atoms with E-state index in [0.29, 0.717) is 5.82 Å². The molecule has 0 spiro atoms. The summed E-state index contributed by atoms with van der Waals surface area (Å²) in [7, 11) is 1.96. The van der Waals surface area contributed by atoms with Crippen molar-refractivity contribution in [3.8, 4) is 11.4 Å². The number of imidazole rings is 1. The van der Waals surface area contributed by atoms with Crippen LogP contribution in [-0.4, -0.2) is 19.5 Å². The van der Waals surface area contributed by atoms with Gasteiger partial charge in [-0.3, -0.25) is 4.98 Å². The lowest BCUT2D eigenvalue weighted by atomic mass is 10.2. The second kappa shape index (κ2) is 3.55. The van der Waals surface area contributed by atoms with Crippen LogP contribution in [0.15, 0.2) is 36.8 Å². The molecule has 84 valence electrons.